The zero-order valence-electron chi connectivity index (χ0n) is 17.0. The molecule has 152 valence electrons. The number of hydrogen-bond donors (Lipinski definition) is 2. The number of carboxylic acid groups (broad SMARTS) is 1. The van der Waals surface area contributed by atoms with Crippen molar-refractivity contribution in [3.63, 3.8) is 0 Å². The zero-order valence-corrected chi connectivity index (χ0v) is 17.0. The number of carbonyl (C=O) groups is 1. The van der Waals surface area contributed by atoms with Gasteiger partial charge in [0.05, 0.1) is 5.69 Å². The van der Waals surface area contributed by atoms with Crippen LogP contribution >= 0.6 is 0 Å². The van der Waals surface area contributed by atoms with Crippen molar-refractivity contribution < 1.29 is 9.90 Å². The number of nitrogens with one attached hydrogen (secondary N) is 1. The number of aromatic nitrogens is 2. The molecule has 2 aliphatic heterocycles. The van der Waals surface area contributed by atoms with E-state index in [1.54, 1.807) is 13.4 Å². The fraction of sp³-hybridized carbons (Fsp3) is 0.500. The van der Waals surface area contributed by atoms with Gasteiger partial charge in [-0.05, 0) is 56.8 Å². The molecule has 1 atom stereocenters. The number of hydrogen-bond acceptors (Lipinski definition) is 5. The van der Waals surface area contributed by atoms with E-state index in [0.29, 0.717) is 5.92 Å². The number of rotatable bonds is 2. The molecule has 1 spiro atoms. The summed E-state index contributed by atoms with van der Waals surface area (Å²) in [5.41, 5.74) is 5.40. The maximum Gasteiger partial charge on any atom is 0.411 e. The van der Waals surface area contributed by atoms with Crippen LogP contribution in [0.3, 0.4) is 0 Å². The molecule has 3 aliphatic rings. The largest absolute Gasteiger partial charge is 0.465 e. The predicted octanol–water partition coefficient (Wildman–Crippen LogP) is 3.41. The van der Waals surface area contributed by atoms with E-state index in [-0.39, 0.29) is 5.41 Å². The molecule has 3 heterocycles. The van der Waals surface area contributed by atoms with Gasteiger partial charge in [-0.15, -0.1) is 0 Å². The number of aryl methyl sites for hydroxylation is 1. The van der Waals surface area contributed by atoms with E-state index in [1.165, 1.54) is 10.5 Å². The first-order chi connectivity index (χ1) is 14.0. The van der Waals surface area contributed by atoms with Crippen molar-refractivity contribution in [2.45, 2.75) is 43.9 Å². The van der Waals surface area contributed by atoms with Gasteiger partial charge in [0.15, 0.2) is 0 Å². The maximum absolute atomic E-state index is 11.8. The first-order valence-electron chi connectivity index (χ1n) is 10.4. The summed E-state index contributed by atoms with van der Waals surface area (Å²) in [7, 11) is 1.64. The van der Waals surface area contributed by atoms with Crippen LogP contribution in [0.4, 0.5) is 22.0 Å². The highest BCUT2D eigenvalue weighted by molar-refractivity contribution is 5.91. The van der Waals surface area contributed by atoms with Gasteiger partial charge in [0.2, 0.25) is 0 Å². The minimum absolute atomic E-state index is 0.0689. The van der Waals surface area contributed by atoms with Gasteiger partial charge in [-0.3, -0.25) is 4.90 Å². The minimum atomic E-state index is -0.933. The van der Waals surface area contributed by atoms with Gasteiger partial charge >= 0.3 is 6.09 Å². The molecule has 1 fully saturated rings. The Balaban J connectivity index is 1.70. The topological polar surface area (TPSA) is 81.6 Å². The highest BCUT2D eigenvalue weighted by Gasteiger charge is 2.47. The molecule has 1 aromatic heterocycles. The van der Waals surface area contributed by atoms with Crippen molar-refractivity contribution in [2.75, 3.05) is 36.5 Å². The number of amides is 1. The number of nitrogens with zero attached hydrogens (tertiary/aromatic N) is 4. The lowest BCUT2D eigenvalue weighted by molar-refractivity contribution is 0.203. The fourth-order valence-electron chi connectivity index (χ4n) is 5.49. The van der Waals surface area contributed by atoms with E-state index >= 15 is 0 Å². The highest BCUT2D eigenvalue weighted by Crippen LogP contribution is 2.53. The summed E-state index contributed by atoms with van der Waals surface area (Å²) < 4.78 is 0. The van der Waals surface area contributed by atoms with Gasteiger partial charge in [-0.1, -0.05) is 13.0 Å². The zero-order chi connectivity index (χ0) is 20.2. The molecule has 1 aromatic carbocycles. The van der Waals surface area contributed by atoms with E-state index in [2.05, 4.69) is 28.2 Å². The van der Waals surface area contributed by atoms with E-state index in [4.69, 9.17) is 4.98 Å². The van der Waals surface area contributed by atoms with E-state index < -0.39 is 6.09 Å². The van der Waals surface area contributed by atoms with Crippen molar-refractivity contribution in [1.29, 1.82) is 0 Å². The van der Waals surface area contributed by atoms with Crippen LogP contribution in [0.25, 0.3) is 0 Å². The minimum Gasteiger partial charge on any atom is -0.465 e. The van der Waals surface area contributed by atoms with E-state index in [0.717, 1.165) is 73.8 Å². The Hall–Kier alpha value is -2.67. The van der Waals surface area contributed by atoms with Crippen molar-refractivity contribution in [1.82, 2.24) is 15.3 Å². The Labute approximate surface area is 170 Å². The van der Waals surface area contributed by atoms with Gasteiger partial charge in [-0.25, -0.2) is 14.8 Å². The Bertz CT molecular complexity index is 970. The van der Waals surface area contributed by atoms with Gasteiger partial charge in [-0.2, -0.15) is 0 Å². The van der Waals surface area contributed by atoms with Crippen LogP contribution in [-0.2, 0) is 11.8 Å². The molecular formula is C22H27N5O2. The van der Waals surface area contributed by atoms with Crippen LogP contribution in [0.1, 0.15) is 48.9 Å². The summed E-state index contributed by atoms with van der Waals surface area (Å²) in [5.74, 6) is 1.45. The lowest BCUT2D eigenvalue weighted by Gasteiger charge is -2.36. The van der Waals surface area contributed by atoms with Gasteiger partial charge in [0.25, 0.3) is 0 Å². The summed E-state index contributed by atoms with van der Waals surface area (Å²) in [6.45, 7) is 4.97. The first kappa shape index (κ1) is 18.4. The van der Waals surface area contributed by atoms with Gasteiger partial charge in [0.1, 0.15) is 12.1 Å². The Morgan fingerprint density at radius 3 is 2.86 bits per heavy atom. The Morgan fingerprint density at radius 2 is 2.10 bits per heavy atom. The van der Waals surface area contributed by atoms with E-state index in [1.807, 2.05) is 12.1 Å². The highest BCUT2D eigenvalue weighted by atomic mass is 16.4. The van der Waals surface area contributed by atoms with Crippen LogP contribution in [0.5, 0.6) is 0 Å². The smallest absolute Gasteiger partial charge is 0.411 e. The van der Waals surface area contributed by atoms with Crippen molar-refractivity contribution >= 4 is 23.3 Å². The molecule has 5 rings (SSSR count). The summed E-state index contributed by atoms with van der Waals surface area (Å²) in [6.07, 6.45) is 4.85. The fourth-order valence-corrected chi connectivity index (χ4v) is 5.49. The molecular weight excluding hydrogens is 366 g/mol. The number of anilines is 3. The second kappa shape index (κ2) is 6.69. The third kappa shape index (κ3) is 2.71. The quantitative estimate of drug-likeness (QED) is 0.814. The first-order valence-corrected chi connectivity index (χ1v) is 10.4. The van der Waals surface area contributed by atoms with Crippen molar-refractivity contribution in [3.05, 3.63) is 41.3 Å². The molecule has 7 nitrogen and oxygen atoms in total. The van der Waals surface area contributed by atoms with Crippen molar-refractivity contribution in [2.24, 2.45) is 0 Å². The van der Waals surface area contributed by atoms with Crippen LogP contribution in [0, 0.1) is 0 Å². The molecule has 1 aliphatic carbocycles. The molecule has 1 saturated heterocycles. The molecule has 7 heteroatoms. The molecule has 0 saturated carbocycles. The normalized spacial score (nSPS) is 21.9. The second-order valence-electron chi connectivity index (χ2n) is 8.63. The van der Waals surface area contributed by atoms with Crippen LogP contribution < -0.4 is 15.1 Å². The summed E-state index contributed by atoms with van der Waals surface area (Å²) in [6, 6.07) is 6.03. The summed E-state index contributed by atoms with van der Waals surface area (Å²) in [5, 5.41) is 13.1. The SMILES string of the molecule is CC1CCc2ncnc(N3CC4(CCNCC4)c4c(N(C)C(=O)O)cccc43)c21. The van der Waals surface area contributed by atoms with E-state index in [9.17, 15) is 9.90 Å². The molecule has 2 N–H and O–H groups in total. The molecule has 1 amide bonds. The van der Waals surface area contributed by atoms with Gasteiger partial charge < -0.3 is 15.3 Å². The number of benzene rings is 1. The Morgan fingerprint density at radius 1 is 1.31 bits per heavy atom. The lowest BCUT2D eigenvalue weighted by Crippen LogP contribution is -2.43. The van der Waals surface area contributed by atoms with Crippen LogP contribution in [0.2, 0.25) is 0 Å². The molecule has 29 heavy (non-hydrogen) atoms. The number of piperidine rings is 1. The van der Waals surface area contributed by atoms with Gasteiger partial charge in [0, 0.05) is 41.5 Å². The lowest BCUT2D eigenvalue weighted by atomic mass is 9.74. The monoisotopic (exact) mass is 393 g/mol. The van der Waals surface area contributed by atoms with Crippen molar-refractivity contribution in [3.8, 4) is 0 Å². The third-order valence-electron chi connectivity index (χ3n) is 7.02. The molecule has 0 radical (unpaired) electrons. The number of fused-ring (bicyclic) bond motifs is 3. The molecule has 2 aromatic rings. The average Bonchev–Trinajstić information content (AvgIpc) is 3.27. The standard InChI is InChI=1S/C22H27N5O2/c1-14-6-7-15-18(14)20(25-13-24-15)27-12-22(8-10-23-11-9-22)19-16(26(2)21(28)29)4-3-5-17(19)27/h3-5,13-14,23H,6-12H2,1-2H3,(H,28,29). The molecule has 1 unspecified atom stereocenters. The third-order valence-corrected chi connectivity index (χ3v) is 7.02. The predicted molar refractivity (Wildman–Crippen MR) is 112 cm³/mol. The second-order valence-corrected chi connectivity index (χ2v) is 8.63. The molecule has 0 bridgehead atoms. The van der Waals surface area contributed by atoms with Crippen LogP contribution in [-0.4, -0.2) is 47.8 Å². The summed E-state index contributed by atoms with van der Waals surface area (Å²) in [4.78, 5) is 24.8. The Kier molecular flexibility index (Phi) is 4.24. The maximum atomic E-state index is 11.8. The van der Waals surface area contributed by atoms with Crippen LogP contribution in [0.15, 0.2) is 24.5 Å². The summed E-state index contributed by atoms with van der Waals surface area (Å²) >= 11 is 0. The average molecular weight is 393 g/mol.